The smallest absolute Gasteiger partial charge is 0.170 e. The molecule has 15 heavy (non-hydrogen) atoms. The number of nitrogens with one attached hydrogen (secondary N) is 2. The van der Waals surface area contributed by atoms with Crippen molar-refractivity contribution in [1.29, 1.82) is 0 Å². The monoisotopic (exact) mass is 242 g/mol. The van der Waals surface area contributed by atoms with E-state index in [1.807, 2.05) is 25.1 Å². The second-order valence-corrected chi connectivity index (χ2v) is 4.18. The summed E-state index contributed by atoms with van der Waals surface area (Å²) in [6.07, 6.45) is 1.05. The highest BCUT2D eigenvalue weighted by Crippen LogP contribution is 2.22. The maximum Gasteiger partial charge on any atom is 0.170 e. The summed E-state index contributed by atoms with van der Waals surface area (Å²) in [5.74, 6) is 0. The minimum atomic E-state index is 0.615. The molecular weight excluding hydrogens is 228 g/mol. The number of anilines is 1. The van der Waals surface area contributed by atoms with Crippen LogP contribution >= 0.6 is 23.8 Å². The van der Waals surface area contributed by atoms with Gasteiger partial charge in [0.2, 0.25) is 0 Å². The van der Waals surface area contributed by atoms with Crippen molar-refractivity contribution in [3.8, 4) is 0 Å². The van der Waals surface area contributed by atoms with Gasteiger partial charge < -0.3 is 10.6 Å². The highest BCUT2D eigenvalue weighted by atomic mass is 35.5. The Bertz CT molecular complexity index is 352. The van der Waals surface area contributed by atoms with Crippen LogP contribution in [0.3, 0.4) is 0 Å². The van der Waals surface area contributed by atoms with Crippen LogP contribution in [0.4, 0.5) is 5.69 Å². The average molecular weight is 243 g/mol. The number of hydrogen-bond donors (Lipinski definition) is 2. The van der Waals surface area contributed by atoms with Gasteiger partial charge in [-0.25, -0.2) is 0 Å². The zero-order valence-electron chi connectivity index (χ0n) is 8.93. The Balaban J connectivity index is 2.63. The summed E-state index contributed by atoms with van der Waals surface area (Å²) in [6, 6.07) is 5.81. The molecule has 0 aliphatic carbocycles. The first kappa shape index (κ1) is 12.3. The fourth-order valence-corrected chi connectivity index (χ4v) is 1.52. The lowest BCUT2D eigenvalue weighted by atomic mass is 10.2. The minimum Gasteiger partial charge on any atom is -0.362 e. The normalized spacial score (nSPS) is 9.80. The first-order valence-electron chi connectivity index (χ1n) is 4.94. The largest absolute Gasteiger partial charge is 0.362 e. The summed E-state index contributed by atoms with van der Waals surface area (Å²) in [6.45, 7) is 4.98. The molecule has 4 heteroatoms. The third-order valence-corrected chi connectivity index (χ3v) is 2.48. The number of thiocarbonyl (C=S) groups is 1. The molecule has 82 valence electrons. The second kappa shape index (κ2) is 5.93. The summed E-state index contributed by atoms with van der Waals surface area (Å²) >= 11 is 11.1. The molecular formula is C11H15ClN2S. The van der Waals surface area contributed by atoms with Crippen molar-refractivity contribution in [3.63, 3.8) is 0 Å². The standard InChI is InChI=1S/C11H15ClN2S/c1-3-6-13-11(15)14-10-7-8(2)4-5-9(10)12/h4-5,7H,3,6H2,1-2H3,(H2,13,14,15). The Morgan fingerprint density at radius 2 is 2.20 bits per heavy atom. The lowest BCUT2D eigenvalue weighted by Gasteiger charge is -2.11. The van der Waals surface area contributed by atoms with Gasteiger partial charge in [-0.1, -0.05) is 24.6 Å². The van der Waals surface area contributed by atoms with Crippen molar-refractivity contribution >= 4 is 34.6 Å². The van der Waals surface area contributed by atoms with E-state index in [2.05, 4.69) is 17.6 Å². The predicted molar refractivity (Wildman–Crippen MR) is 70.7 cm³/mol. The van der Waals surface area contributed by atoms with Crippen molar-refractivity contribution in [2.45, 2.75) is 20.3 Å². The van der Waals surface area contributed by atoms with Gasteiger partial charge in [-0.2, -0.15) is 0 Å². The predicted octanol–water partition coefficient (Wildman–Crippen LogP) is 3.34. The zero-order valence-corrected chi connectivity index (χ0v) is 10.5. The fourth-order valence-electron chi connectivity index (χ4n) is 1.14. The molecule has 0 aliphatic heterocycles. The summed E-state index contributed by atoms with van der Waals surface area (Å²) in [7, 11) is 0. The molecule has 0 fully saturated rings. The van der Waals surface area contributed by atoms with Crippen molar-refractivity contribution in [3.05, 3.63) is 28.8 Å². The van der Waals surface area contributed by atoms with E-state index in [0.29, 0.717) is 10.1 Å². The Morgan fingerprint density at radius 3 is 2.87 bits per heavy atom. The summed E-state index contributed by atoms with van der Waals surface area (Å²) in [4.78, 5) is 0. The Labute approximate surface area is 101 Å². The number of hydrogen-bond acceptors (Lipinski definition) is 1. The average Bonchev–Trinajstić information content (AvgIpc) is 2.20. The van der Waals surface area contributed by atoms with Gasteiger partial charge in [-0.05, 0) is 43.3 Å². The van der Waals surface area contributed by atoms with Crippen LogP contribution < -0.4 is 10.6 Å². The van der Waals surface area contributed by atoms with Crippen molar-refractivity contribution < 1.29 is 0 Å². The van der Waals surface area contributed by atoms with Crippen LogP contribution in [0.25, 0.3) is 0 Å². The van der Waals surface area contributed by atoms with E-state index in [0.717, 1.165) is 24.2 Å². The van der Waals surface area contributed by atoms with Gasteiger partial charge in [-0.15, -0.1) is 0 Å². The van der Waals surface area contributed by atoms with Crippen LogP contribution in [0.15, 0.2) is 18.2 Å². The summed E-state index contributed by atoms with van der Waals surface area (Å²) < 4.78 is 0. The molecule has 0 saturated carbocycles. The lowest BCUT2D eigenvalue weighted by Crippen LogP contribution is -2.29. The highest BCUT2D eigenvalue weighted by Gasteiger charge is 2.01. The van der Waals surface area contributed by atoms with Crippen LogP contribution in [0.5, 0.6) is 0 Å². The molecule has 1 aromatic rings. The number of benzene rings is 1. The van der Waals surface area contributed by atoms with Gasteiger partial charge in [-0.3, -0.25) is 0 Å². The Kier molecular flexibility index (Phi) is 4.85. The lowest BCUT2D eigenvalue weighted by molar-refractivity contribution is 0.846. The van der Waals surface area contributed by atoms with E-state index >= 15 is 0 Å². The molecule has 2 nitrogen and oxygen atoms in total. The molecule has 0 amide bonds. The third kappa shape index (κ3) is 4.06. The second-order valence-electron chi connectivity index (χ2n) is 3.36. The Hall–Kier alpha value is -0.800. The molecule has 0 saturated heterocycles. The first-order chi connectivity index (χ1) is 7.13. The van der Waals surface area contributed by atoms with Crippen LogP contribution in [-0.2, 0) is 0 Å². The molecule has 1 aromatic carbocycles. The minimum absolute atomic E-state index is 0.615. The van der Waals surface area contributed by atoms with Crippen LogP contribution in [0.1, 0.15) is 18.9 Å². The summed E-state index contributed by atoms with van der Waals surface area (Å²) in [5, 5.41) is 7.46. The molecule has 0 aromatic heterocycles. The van der Waals surface area contributed by atoms with Gasteiger partial charge in [0.25, 0.3) is 0 Å². The maximum atomic E-state index is 6.02. The van der Waals surface area contributed by atoms with Gasteiger partial charge in [0, 0.05) is 6.54 Å². The zero-order chi connectivity index (χ0) is 11.3. The van der Waals surface area contributed by atoms with E-state index in [1.165, 1.54) is 0 Å². The van der Waals surface area contributed by atoms with Gasteiger partial charge >= 0.3 is 0 Å². The van der Waals surface area contributed by atoms with Crippen LogP contribution in [0.2, 0.25) is 5.02 Å². The first-order valence-corrected chi connectivity index (χ1v) is 5.73. The molecule has 0 radical (unpaired) electrons. The number of halogens is 1. The molecule has 0 spiro atoms. The fraction of sp³-hybridized carbons (Fsp3) is 0.364. The molecule has 0 bridgehead atoms. The molecule has 0 atom stereocenters. The molecule has 0 unspecified atom stereocenters. The number of aryl methyl sites for hydroxylation is 1. The number of rotatable bonds is 3. The SMILES string of the molecule is CCCNC(=S)Nc1cc(C)ccc1Cl. The maximum absolute atomic E-state index is 6.02. The van der Waals surface area contributed by atoms with E-state index in [4.69, 9.17) is 23.8 Å². The van der Waals surface area contributed by atoms with Crippen molar-refractivity contribution in [1.82, 2.24) is 5.32 Å². The van der Waals surface area contributed by atoms with Crippen molar-refractivity contribution in [2.24, 2.45) is 0 Å². The van der Waals surface area contributed by atoms with E-state index in [9.17, 15) is 0 Å². The Morgan fingerprint density at radius 1 is 1.47 bits per heavy atom. The topological polar surface area (TPSA) is 24.1 Å². The molecule has 0 heterocycles. The van der Waals surface area contributed by atoms with Crippen LogP contribution in [-0.4, -0.2) is 11.7 Å². The van der Waals surface area contributed by atoms with E-state index in [1.54, 1.807) is 0 Å². The van der Waals surface area contributed by atoms with Crippen molar-refractivity contribution in [2.75, 3.05) is 11.9 Å². The summed E-state index contributed by atoms with van der Waals surface area (Å²) in [5.41, 5.74) is 2.01. The van der Waals surface area contributed by atoms with E-state index in [-0.39, 0.29) is 0 Å². The third-order valence-electron chi connectivity index (χ3n) is 1.91. The van der Waals surface area contributed by atoms with Crippen LogP contribution in [0, 0.1) is 6.92 Å². The van der Waals surface area contributed by atoms with Gasteiger partial charge in [0.1, 0.15) is 0 Å². The quantitative estimate of drug-likeness (QED) is 0.795. The van der Waals surface area contributed by atoms with Gasteiger partial charge in [0.05, 0.1) is 10.7 Å². The van der Waals surface area contributed by atoms with E-state index < -0.39 is 0 Å². The molecule has 2 N–H and O–H groups in total. The highest BCUT2D eigenvalue weighted by molar-refractivity contribution is 7.80. The molecule has 1 rings (SSSR count). The van der Waals surface area contributed by atoms with Gasteiger partial charge in [0.15, 0.2) is 5.11 Å². The molecule has 0 aliphatic rings.